The third kappa shape index (κ3) is 18000. The maximum atomic E-state index is 8.52. The molecule has 0 aliphatic carbocycles. The molecule has 0 aromatic rings. The molecule has 12 heteroatoms. The molecule has 0 aromatic carbocycles. The van der Waals surface area contributed by atoms with E-state index in [-0.39, 0.29) is 23.2 Å². The summed E-state index contributed by atoms with van der Waals surface area (Å²) in [6, 6.07) is 0. The first-order valence-corrected chi connectivity index (χ1v) is 4.00. The Morgan fingerprint density at radius 3 is 0.667 bits per heavy atom. The van der Waals surface area contributed by atoms with Crippen molar-refractivity contribution in [3.05, 3.63) is 0 Å². The van der Waals surface area contributed by atoms with Crippen molar-refractivity contribution < 1.29 is 52.1 Å². The van der Waals surface area contributed by atoms with Gasteiger partial charge in [0.1, 0.15) is 0 Å². The second-order valence-corrected chi connectivity index (χ2v) is 2.45. The van der Waals surface area contributed by atoms with Crippen LogP contribution in [-0.4, -0.2) is 35.0 Å². The summed E-state index contributed by atoms with van der Waals surface area (Å²) in [6.07, 6.45) is 0. The Bertz CT molecular complexity index is 213. The van der Waals surface area contributed by atoms with Crippen LogP contribution < -0.4 is 6.15 Å². The molecule has 0 amide bonds. The van der Waals surface area contributed by atoms with E-state index >= 15 is 0 Å². The molecule has 0 radical (unpaired) electrons. The first kappa shape index (κ1) is 22.8. The first-order chi connectivity index (χ1) is 4.00. The molecule has 0 aromatic heterocycles. The Labute approximate surface area is 79.4 Å². The fraction of sp³-hybridized carbons (Fsp3) is 0. The molecular weight excluding hydrogens is 270 g/mol. The van der Waals surface area contributed by atoms with Crippen LogP contribution in [-0.2, 0) is 37.9 Å². The van der Waals surface area contributed by atoms with Gasteiger partial charge in [0.05, 0.1) is 0 Å². The van der Waals surface area contributed by atoms with Gasteiger partial charge in [-0.2, -0.15) is 0 Å². The normalized spacial score (nSPS) is 9.67. The first-order valence-electron chi connectivity index (χ1n) is 1.33. The molecule has 12 heavy (non-hydrogen) atoms. The van der Waals surface area contributed by atoms with Crippen LogP contribution in [0.4, 0.5) is 0 Å². The standard InChI is InChI=1S/Cu.H3N.2H2O4S/c;;2*1-5(2,3)4/h;1H3;2*(H2,1,2,3,4)/q+3;;;/p-3. The molecular formula is H4CuNO8S2. The van der Waals surface area contributed by atoms with Crippen LogP contribution in [0.1, 0.15) is 0 Å². The van der Waals surface area contributed by atoms with Gasteiger partial charge in [-0.15, -0.1) is 0 Å². The molecule has 80 valence electrons. The van der Waals surface area contributed by atoms with Crippen molar-refractivity contribution >= 4 is 20.8 Å². The van der Waals surface area contributed by atoms with Crippen molar-refractivity contribution in [2.75, 3.05) is 0 Å². The predicted octanol–water partition coefficient (Wildman–Crippen LogP) is -2.30. The van der Waals surface area contributed by atoms with E-state index in [4.69, 9.17) is 35.0 Å². The van der Waals surface area contributed by atoms with Gasteiger partial charge < -0.3 is 24.4 Å². The summed E-state index contributed by atoms with van der Waals surface area (Å²) in [5, 5.41) is 0. The molecule has 0 atom stereocenters. The van der Waals surface area contributed by atoms with Gasteiger partial charge >= 0.3 is 17.1 Å². The van der Waals surface area contributed by atoms with Crippen LogP contribution in [0.2, 0.25) is 0 Å². The van der Waals surface area contributed by atoms with Crippen molar-refractivity contribution in [2.24, 2.45) is 0 Å². The van der Waals surface area contributed by atoms with Gasteiger partial charge in [-0.05, 0) is 0 Å². The Kier molecular flexibility index (Phi) is 14.9. The van der Waals surface area contributed by atoms with Gasteiger partial charge in [0.15, 0.2) is 0 Å². The summed E-state index contributed by atoms with van der Waals surface area (Å²) < 4.78 is 68.2. The van der Waals surface area contributed by atoms with Crippen molar-refractivity contribution in [1.29, 1.82) is 0 Å². The molecule has 0 spiro atoms. The topological polar surface area (TPSA) is 197 Å². The molecule has 0 saturated heterocycles. The molecule has 0 aliphatic heterocycles. The molecule has 0 aliphatic rings. The average Bonchev–Trinajstić information content (AvgIpc) is 1.12. The van der Waals surface area contributed by atoms with Gasteiger partial charge in [-0.3, -0.25) is 16.8 Å². The van der Waals surface area contributed by atoms with Gasteiger partial charge in [0.25, 0.3) is 0 Å². The van der Waals surface area contributed by atoms with E-state index in [0.717, 1.165) is 0 Å². The zero-order valence-electron chi connectivity index (χ0n) is 5.38. The fourth-order valence-electron chi connectivity index (χ4n) is 0. The molecule has 0 rings (SSSR count). The summed E-state index contributed by atoms with van der Waals surface area (Å²) in [5.41, 5.74) is 0. The van der Waals surface area contributed by atoms with Crippen LogP contribution in [0.5, 0.6) is 0 Å². The van der Waals surface area contributed by atoms with E-state index in [0.29, 0.717) is 0 Å². The van der Waals surface area contributed by atoms with E-state index < -0.39 is 20.8 Å². The summed E-state index contributed by atoms with van der Waals surface area (Å²) in [6.45, 7) is 0. The molecule has 0 fully saturated rings. The Morgan fingerprint density at radius 1 is 0.667 bits per heavy atom. The maximum Gasteiger partial charge on any atom is 3.00 e. The quantitative estimate of drug-likeness (QED) is 0.288. The third-order valence-corrected chi connectivity index (χ3v) is 0. The van der Waals surface area contributed by atoms with Crippen molar-refractivity contribution in [3.8, 4) is 0 Å². The van der Waals surface area contributed by atoms with E-state index in [2.05, 4.69) is 0 Å². The largest absolute Gasteiger partial charge is 3.00 e. The summed E-state index contributed by atoms with van der Waals surface area (Å²) in [4.78, 5) is 0. The van der Waals surface area contributed by atoms with E-state index in [1.165, 1.54) is 0 Å². The number of quaternary nitrogens is 1. The Morgan fingerprint density at radius 2 is 0.667 bits per heavy atom. The van der Waals surface area contributed by atoms with Crippen molar-refractivity contribution in [3.63, 3.8) is 0 Å². The molecule has 0 heterocycles. The number of rotatable bonds is 0. The number of hydrogen-bond donors (Lipinski definition) is 1. The smallest absolute Gasteiger partial charge is 0.759 e. The Balaban J connectivity index is -0.0000000457. The Hall–Kier alpha value is 0.219. The van der Waals surface area contributed by atoms with E-state index in [1.54, 1.807) is 0 Å². The minimum Gasteiger partial charge on any atom is -0.759 e. The van der Waals surface area contributed by atoms with Crippen LogP contribution >= 0.6 is 0 Å². The fourth-order valence-corrected chi connectivity index (χ4v) is 0. The zero-order chi connectivity index (χ0) is 9.00. The van der Waals surface area contributed by atoms with Crippen LogP contribution in [0.25, 0.3) is 0 Å². The summed E-state index contributed by atoms with van der Waals surface area (Å²) in [5.74, 6) is 0. The molecule has 0 bridgehead atoms. The molecule has 0 saturated carbocycles. The van der Waals surface area contributed by atoms with Gasteiger partial charge in [0, 0.05) is 20.8 Å². The molecule has 4 N–H and O–H groups in total. The second-order valence-electron chi connectivity index (χ2n) is 0.816. The molecule has 9 nitrogen and oxygen atoms in total. The average molecular weight is 274 g/mol. The van der Waals surface area contributed by atoms with Gasteiger partial charge in [-0.25, -0.2) is 0 Å². The van der Waals surface area contributed by atoms with E-state index in [9.17, 15) is 0 Å². The molecule has 0 unspecified atom stereocenters. The van der Waals surface area contributed by atoms with Crippen LogP contribution in [0.3, 0.4) is 0 Å². The van der Waals surface area contributed by atoms with Gasteiger partial charge in [0.2, 0.25) is 0 Å². The minimum atomic E-state index is -5.17. The summed E-state index contributed by atoms with van der Waals surface area (Å²) >= 11 is 0. The minimum absolute atomic E-state index is 0. The second kappa shape index (κ2) is 7.85. The zero-order valence-corrected chi connectivity index (χ0v) is 7.96. The van der Waals surface area contributed by atoms with Crippen LogP contribution in [0.15, 0.2) is 0 Å². The number of hydrogen-bond acceptors (Lipinski definition) is 8. The monoisotopic (exact) mass is 273 g/mol. The van der Waals surface area contributed by atoms with E-state index in [1.807, 2.05) is 0 Å². The summed E-state index contributed by atoms with van der Waals surface area (Å²) in [7, 11) is -10.3. The predicted molar refractivity (Wildman–Crippen MR) is 26.9 cm³/mol. The van der Waals surface area contributed by atoms with Crippen LogP contribution in [0, 0.1) is 0 Å². The van der Waals surface area contributed by atoms with Crippen molar-refractivity contribution in [1.82, 2.24) is 6.15 Å². The third-order valence-electron chi connectivity index (χ3n) is 0. The van der Waals surface area contributed by atoms with Crippen molar-refractivity contribution in [2.45, 2.75) is 0 Å². The maximum absolute atomic E-state index is 8.52. The van der Waals surface area contributed by atoms with Gasteiger partial charge in [-0.1, -0.05) is 0 Å². The SMILES string of the molecule is O=S(=O)([O-])[O-].O=S(=O)([O-])[O-].[Cu+3].[NH4+].